The Hall–Kier alpha value is 1.38. The van der Waals surface area contributed by atoms with Gasteiger partial charge in [-0.1, -0.05) is 0 Å². The molecule has 0 aliphatic heterocycles. The van der Waals surface area contributed by atoms with Gasteiger partial charge in [-0.25, -0.2) is 12.2 Å². The van der Waals surface area contributed by atoms with Gasteiger partial charge in [-0.3, -0.25) is 6.08 Å². The molecule has 0 bridgehead atoms. The van der Waals surface area contributed by atoms with E-state index < -0.39 is 0 Å². The van der Waals surface area contributed by atoms with Crippen molar-refractivity contribution in [2.24, 2.45) is 0 Å². The summed E-state index contributed by atoms with van der Waals surface area (Å²) in [6.45, 7) is 0. The molecular weight excluding hydrogens is 443 g/mol. The van der Waals surface area contributed by atoms with Crippen molar-refractivity contribution < 1.29 is 22.4 Å². The fraction of sp³-hybridized carbons (Fsp3) is 0.100. The molecule has 0 spiro atoms. The molecular formula is C10H24Cl4Ta-6. The molecule has 1 aliphatic carbocycles. The van der Waals surface area contributed by atoms with E-state index in [1.807, 2.05) is 12.2 Å². The molecule has 0 aromatic carbocycles. The van der Waals surface area contributed by atoms with Crippen LogP contribution < -0.4 is 0 Å². The van der Waals surface area contributed by atoms with Gasteiger partial charge in [0, 0.05) is 22.4 Å². The van der Waals surface area contributed by atoms with Crippen LogP contribution in [0.4, 0.5) is 0 Å². The van der Waals surface area contributed by atoms with Crippen molar-refractivity contribution in [3.63, 3.8) is 0 Å². The van der Waals surface area contributed by atoms with E-state index in [0.717, 1.165) is 6.42 Å². The van der Waals surface area contributed by atoms with Gasteiger partial charge in [-0.05, 0) is 0 Å². The van der Waals surface area contributed by atoms with E-state index in [1.165, 1.54) is 0 Å². The van der Waals surface area contributed by atoms with Crippen molar-refractivity contribution in [1.82, 2.24) is 0 Å². The minimum Gasteiger partial charge on any atom is -0.358 e. The van der Waals surface area contributed by atoms with Gasteiger partial charge in [0.15, 0.2) is 0 Å². The van der Waals surface area contributed by atoms with Gasteiger partial charge in [0.2, 0.25) is 0 Å². The van der Waals surface area contributed by atoms with Crippen molar-refractivity contribution in [3.05, 3.63) is 61.4 Å². The van der Waals surface area contributed by atoms with Gasteiger partial charge < -0.3 is 37.1 Å². The summed E-state index contributed by atoms with van der Waals surface area (Å²) in [7, 11) is 0. The monoisotopic (exact) mass is 465 g/mol. The first-order valence-corrected chi connectivity index (χ1v) is 1.72. The number of allylic oxidation sites excluding steroid dienone is 4. The first-order valence-electron chi connectivity index (χ1n) is 1.72. The van der Waals surface area contributed by atoms with Crippen LogP contribution in [0.2, 0.25) is 0 Å². The second-order valence-corrected chi connectivity index (χ2v) is 1.00. The molecule has 1 aliphatic rings. The van der Waals surface area contributed by atoms with Gasteiger partial charge in [-0.15, -0.1) is 56.0 Å². The summed E-state index contributed by atoms with van der Waals surface area (Å²) in [5.74, 6) is 0. The number of hydrogen-bond donors (Lipinski definition) is 0. The van der Waals surface area contributed by atoms with Gasteiger partial charge in [0.25, 0.3) is 0 Å². The Labute approximate surface area is 139 Å². The van der Waals surface area contributed by atoms with E-state index in [-0.39, 0.29) is 109 Å². The number of rotatable bonds is 0. The Morgan fingerprint density at radius 3 is 1.13 bits per heavy atom. The van der Waals surface area contributed by atoms with Gasteiger partial charge in [-0.2, -0.15) is 6.08 Å². The summed E-state index contributed by atoms with van der Waals surface area (Å²) < 4.78 is 0. The van der Waals surface area contributed by atoms with Crippen LogP contribution in [-0.4, -0.2) is 0 Å². The zero-order valence-corrected chi connectivity index (χ0v) is 16.5. The minimum atomic E-state index is 0. The zero-order valence-electron chi connectivity index (χ0n) is 10.0. The maximum absolute atomic E-state index is 2.99. The molecule has 0 unspecified atom stereocenters. The maximum atomic E-state index is 2.99. The van der Waals surface area contributed by atoms with Crippen LogP contribution in [0, 0.1) is 43.2 Å². The second kappa shape index (κ2) is 78.1. The molecule has 0 saturated carbocycles. The molecule has 0 N–H and O–H groups in total. The molecule has 0 aromatic rings. The summed E-state index contributed by atoms with van der Waals surface area (Å²) in [6.07, 6.45) is 10.0. The Morgan fingerprint density at radius 1 is 0.733 bits per heavy atom. The summed E-state index contributed by atoms with van der Waals surface area (Å²) in [5.41, 5.74) is 0. The predicted octanol–water partition coefficient (Wildman–Crippen LogP) is 5.24. The molecule has 0 heterocycles. The molecule has 0 fully saturated rings. The molecule has 0 amide bonds. The van der Waals surface area contributed by atoms with Crippen LogP contribution in [-0.2, 0) is 22.4 Å². The third kappa shape index (κ3) is 67.6. The average Bonchev–Trinajstić information content (AvgIpc) is 1.76. The van der Waals surface area contributed by atoms with Crippen LogP contribution >= 0.6 is 49.6 Å². The molecule has 0 atom stereocenters. The molecule has 0 saturated heterocycles. The summed E-state index contributed by atoms with van der Waals surface area (Å²) in [6, 6.07) is 0. The van der Waals surface area contributed by atoms with Crippen molar-refractivity contribution in [1.29, 1.82) is 0 Å². The summed E-state index contributed by atoms with van der Waals surface area (Å²) in [4.78, 5) is 0. The largest absolute Gasteiger partial charge is 0.358 e. The van der Waals surface area contributed by atoms with Gasteiger partial charge in [0.05, 0.1) is 0 Å². The predicted molar refractivity (Wildman–Crippen MR) is 82.6 cm³/mol. The molecule has 1 rings (SSSR count). The Balaban J connectivity index is -0.00000000312. The van der Waals surface area contributed by atoms with E-state index in [0.29, 0.717) is 0 Å². The zero-order chi connectivity index (χ0) is 3.54. The van der Waals surface area contributed by atoms with Gasteiger partial charge >= 0.3 is 0 Å². The van der Waals surface area contributed by atoms with E-state index in [2.05, 4.69) is 12.2 Å². The second-order valence-electron chi connectivity index (χ2n) is 1.00. The van der Waals surface area contributed by atoms with Crippen LogP contribution in [0.15, 0.2) is 18.2 Å². The Kier molecular flexibility index (Phi) is 496. The Morgan fingerprint density at radius 2 is 1.07 bits per heavy atom. The molecule has 0 nitrogen and oxygen atoms in total. The number of halogens is 4. The molecule has 1 radical (unpaired) electrons. The average molecular weight is 467 g/mol. The summed E-state index contributed by atoms with van der Waals surface area (Å²) in [5, 5.41) is 0. The van der Waals surface area contributed by atoms with Crippen LogP contribution in [0.5, 0.6) is 0 Å². The van der Waals surface area contributed by atoms with Crippen molar-refractivity contribution >= 4 is 49.6 Å². The molecule has 0 aromatic heterocycles. The SMILES string of the molecule is Cl.Cl.Cl.Cl.[C-]1=CC=CC1.[CH3-].[CH3-].[CH3-].[CH3-].[CH3-].[Ta]. The summed E-state index contributed by atoms with van der Waals surface area (Å²) >= 11 is 0. The van der Waals surface area contributed by atoms with Crippen LogP contribution in [0.3, 0.4) is 0 Å². The first-order chi connectivity index (χ1) is 2.50. The van der Waals surface area contributed by atoms with Crippen molar-refractivity contribution in [2.45, 2.75) is 6.42 Å². The van der Waals surface area contributed by atoms with Crippen LogP contribution in [0.1, 0.15) is 6.42 Å². The molecule has 103 valence electrons. The fourth-order valence-corrected chi connectivity index (χ4v) is 0.340. The maximum Gasteiger partial charge on any atom is 0 e. The van der Waals surface area contributed by atoms with Crippen molar-refractivity contribution in [3.8, 4) is 0 Å². The van der Waals surface area contributed by atoms with E-state index >= 15 is 0 Å². The first kappa shape index (κ1) is 95.2. The quantitative estimate of drug-likeness (QED) is 0.428. The third-order valence-corrected chi connectivity index (χ3v) is 0.586. The Bertz CT molecular complexity index is 75.5. The van der Waals surface area contributed by atoms with Crippen LogP contribution in [0.25, 0.3) is 0 Å². The topological polar surface area (TPSA) is 0 Å². The molecule has 5 heteroatoms. The number of hydrogen-bond acceptors (Lipinski definition) is 0. The van der Waals surface area contributed by atoms with E-state index in [1.54, 1.807) is 0 Å². The normalized spacial score (nSPS) is 5.87. The standard InChI is InChI=1S/C5H5.5CH3.4ClH.Ta/c1-2-4-5-3-1;;;;;;;;;;/h1-3H,4H2;5*1H3;4*1H;/q6*-1;;;;;. The third-order valence-electron chi connectivity index (χ3n) is 0.586. The van der Waals surface area contributed by atoms with Crippen molar-refractivity contribution in [2.75, 3.05) is 0 Å². The van der Waals surface area contributed by atoms with E-state index in [4.69, 9.17) is 0 Å². The smallest absolute Gasteiger partial charge is 0 e. The molecule has 15 heavy (non-hydrogen) atoms. The van der Waals surface area contributed by atoms with E-state index in [9.17, 15) is 0 Å². The van der Waals surface area contributed by atoms with Gasteiger partial charge in [0.1, 0.15) is 0 Å². The minimum absolute atomic E-state index is 0. The fourth-order valence-electron chi connectivity index (χ4n) is 0.340.